The van der Waals surface area contributed by atoms with Crippen LogP contribution in [-0.4, -0.2) is 20.4 Å². The Balaban J connectivity index is 2.47. The maximum absolute atomic E-state index is 12.5. The minimum atomic E-state index is -4.41. The molecule has 2 aromatic heterocycles. The SMILES string of the molecule is N#CCSc1nnc2ccc(C(F)(F)F)cn12. The van der Waals surface area contributed by atoms with Crippen LogP contribution in [0, 0.1) is 11.3 Å². The molecule has 0 unspecified atom stereocenters. The van der Waals surface area contributed by atoms with Crippen LogP contribution in [0.15, 0.2) is 23.5 Å². The zero-order chi connectivity index (χ0) is 12.5. The van der Waals surface area contributed by atoms with Crippen LogP contribution >= 0.6 is 11.8 Å². The number of hydrogen-bond donors (Lipinski definition) is 0. The summed E-state index contributed by atoms with van der Waals surface area (Å²) in [7, 11) is 0. The molecule has 0 fully saturated rings. The van der Waals surface area contributed by atoms with Crippen molar-refractivity contribution in [2.75, 3.05) is 5.75 Å². The summed E-state index contributed by atoms with van der Waals surface area (Å²) in [4.78, 5) is 0. The van der Waals surface area contributed by atoms with Gasteiger partial charge in [-0.1, -0.05) is 11.8 Å². The van der Waals surface area contributed by atoms with Gasteiger partial charge < -0.3 is 0 Å². The first-order valence-corrected chi connectivity index (χ1v) is 5.42. The Hall–Kier alpha value is -1.75. The second-order valence-corrected chi connectivity index (χ2v) is 4.02. The second kappa shape index (κ2) is 4.25. The van der Waals surface area contributed by atoms with Crippen LogP contribution in [0.2, 0.25) is 0 Å². The van der Waals surface area contributed by atoms with Gasteiger partial charge in [-0.05, 0) is 12.1 Å². The van der Waals surface area contributed by atoms with Crippen LogP contribution < -0.4 is 0 Å². The molecule has 0 atom stereocenters. The van der Waals surface area contributed by atoms with E-state index in [2.05, 4.69) is 10.2 Å². The highest BCUT2D eigenvalue weighted by atomic mass is 32.2. The molecular formula is C9H5F3N4S. The fraction of sp³-hybridized carbons (Fsp3) is 0.222. The number of halogens is 3. The quantitative estimate of drug-likeness (QED) is 0.776. The largest absolute Gasteiger partial charge is 0.417 e. The third-order valence-corrected chi connectivity index (χ3v) is 2.77. The van der Waals surface area contributed by atoms with Crippen LogP contribution in [0.5, 0.6) is 0 Å². The van der Waals surface area contributed by atoms with E-state index in [1.807, 2.05) is 6.07 Å². The number of hydrogen-bond acceptors (Lipinski definition) is 4. The molecule has 0 aliphatic heterocycles. The van der Waals surface area contributed by atoms with Crippen LogP contribution in [0.25, 0.3) is 5.65 Å². The molecule has 8 heteroatoms. The van der Waals surface area contributed by atoms with Gasteiger partial charge in [-0.15, -0.1) is 10.2 Å². The van der Waals surface area contributed by atoms with E-state index in [-0.39, 0.29) is 10.9 Å². The summed E-state index contributed by atoms with van der Waals surface area (Å²) >= 11 is 1.04. The summed E-state index contributed by atoms with van der Waals surface area (Å²) in [6, 6.07) is 4.06. The minimum Gasteiger partial charge on any atom is -0.277 e. The monoisotopic (exact) mass is 258 g/mol. The summed E-state index contributed by atoms with van der Waals surface area (Å²) in [6.45, 7) is 0. The summed E-state index contributed by atoms with van der Waals surface area (Å²) in [5.74, 6) is 0.108. The van der Waals surface area contributed by atoms with Crippen LogP contribution in [0.3, 0.4) is 0 Å². The summed E-state index contributed by atoms with van der Waals surface area (Å²) in [5.41, 5.74) is -0.456. The molecule has 0 aliphatic carbocycles. The van der Waals surface area contributed by atoms with Crippen molar-refractivity contribution in [3.63, 3.8) is 0 Å². The van der Waals surface area contributed by atoms with E-state index in [0.29, 0.717) is 5.65 Å². The van der Waals surface area contributed by atoms with Gasteiger partial charge in [0.05, 0.1) is 17.4 Å². The number of thioether (sulfide) groups is 1. The zero-order valence-corrected chi connectivity index (χ0v) is 9.09. The molecule has 88 valence electrons. The number of alkyl halides is 3. The Morgan fingerprint density at radius 1 is 1.35 bits per heavy atom. The molecule has 0 aromatic carbocycles. The van der Waals surface area contributed by atoms with Crippen molar-refractivity contribution in [3.8, 4) is 6.07 Å². The topological polar surface area (TPSA) is 54.0 Å². The van der Waals surface area contributed by atoms with Crippen molar-refractivity contribution in [3.05, 3.63) is 23.9 Å². The first-order valence-electron chi connectivity index (χ1n) is 4.44. The fourth-order valence-electron chi connectivity index (χ4n) is 1.23. The number of pyridine rings is 1. The molecule has 0 radical (unpaired) electrons. The Labute approximate surface area is 98.1 Å². The molecule has 4 nitrogen and oxygen atoms in total. The summed E-state index contributed by atoms with van der Waals surface area (Å²) < 4.78 is 38.7. The van der Waals surface area contributed by atoms with Crippen LogP contribution in [0.1, 0.15) is 5.56 Å². The highest BCUT2D eigenvalue weighted by Gasteiger charge is 2.31. The van der Waals surface area contributed by atoms with E-state index in [1.54, 1.807) is 0 Å². The van der Waals surface area contributed by atoms with Gasteiger partial charge in [-0.2, -0.15) is 18.4 Å². The highest BCUT2D eigenvalue weighted by Crippen LogP contribution is 2.30. The summed E-state index contributed by atoms with van der Waals surface area (Å²) in [6.07, 6.45) is -3.48. The number of aromatic nitrogens is 3. The first kappa shape index (κ1) is 11.7. The molecule has 2 aromatic rings. The molecule has 0 saturated carbocycles. The molecule has 0 N–H and O–H groups in total. The smallest absolute Gasteiger partial charge is 0.277 e. The molecule has 0 saturated heterocycles. The Morgan fingerprint density at radius 3 is 2.76 bits per heavy atom. The molecule has 17 heavy (non-hydrogen) atoms. The van der Waals surface area contributed by atoms with E-state index in [1.165, 1.54) is 10.5 Å². The third-order valence-electron chi connectivity index (χ3n) is 1.96. The van der Waals surface area contributed by atoms with E-state index >= 15 is 0 Å². The fourth-order valence-corrected chi connectivity index (χ4v) is 1.81. The standard InChI is InChI=1S/C9H5F3N4S/c10-9(11,12)6-1-2-7-14-15-8(16(7)5-6)17-4-3-13/h1-2,5H,4H2. The third kappa shape index (κ3) is 2.34. The minimum absolute atomic E-state index is 0.108. The number of rotatable bonds is 2. The summed E-state index contributed by atoms with van der Waals surface area (Å²) in [5, 5.41) is 16.1. The molecule has 0 amide bonds. The number of nitriles is 1. The molecule has 0 bridgehead atoms. The lowest BCUT2D eigenvalue weighted by Crippen LogP contribution is -2.06. The lowest BCUT2D eigenvalue weighted by atomic mass is 10.3. The van der Waals surface area contributed by atoms with E-state index in [0.717, 1.165) is 24.0 Å². The van der Waals surface area contributed by atoms with Crippen molar-refractivity contribution in [2.24, 2.45) is 0 Å². The Bertz CT molecular complexity index is 584. The van der Waals surface area contributed by atoms with Crippen molar-refractivity contribution in [1.82, 2.24) is 14.6 Å². The second-order valence-electron chi connectivity index (χ2n) is 3.07. The maximum Gasteiger partial charge on any atom is 0.417 e. The van der Waals surface area contributed by atoms with Crippen LogP contribution in [-0.2, 0) is 6.18 Å². The Morgan fingerprint density at radius 2 is 2.12 bits per heavy atom. The lowest BCUT2D eigenvalue weighted by Gasteiger charge is -2.06. The number of fused-ring (bicyclic) bond motifs is 1. The van der Waals surface area contributed by atoms with Gasteiger partial charge in [0, 0.05) is 6.20 Å². The van der Waals surface area contributed by atoms with Gasteiger partial charge in [0.1, 0.15) is 0 Å². The molecular weight excluding hydrogens is 253 g/mol. The molecule has 2 heterocycles. The molecule has 0 aliphatic rings. The van der Waals surface area contributed by atoms with Crippen molar-refractivity contribution in [2.45, 2.75) is 11.3 Å². The predicted molar refractivity (Wildman–Crippen MR) is 54.3 cm³/mol. The predicted octanol–water partition coefficient (Wildman–Crippen LogP) is 2.36. The average Bonchev–Trinajstić information content (AvgIpc) is 2.67. The van der Waals surface area contributed by atoms with E-state index in [4.69, 9.17) is 5.26 Å². The van der Waals surface area contributed by atoms with Gasteiger partial charge in [0.15, 0.2) is 10.8 Å². The normalized spacial score (nSPS) is 11.6. The van der Waals surface area contributed by atoms with Crippen molar-refractivity contribution < 1.29 is 13.2 Å². The first-order chi connectivity index (χ1) is 8.02. The van der Waals surface area contributed by atoms with Gasteiger partial charge >= 0.3 is 6.18 Å². The molecule has 2 rings (SSSR count). The van der Waals surface area contributed by atoms with E-state index < -0.39 is 11.7 Å². The van der Waals surface area contributed by atoms with Crippen molar-refractivity contribution in [1.29, 1.82) is 5.26 Å². The lowest BCUT2D eigenvalue weighted by molar-refractivity contribution is -0.137. The highest BCUT2D eigenvalue weighted by molar-refractivity contribution is 7.99. The van der Waals surface area contributed by atoms with Gasteiger partial charge in [0.25, 0.3) is 0 Å². The van der Waals surface area contributed by atoms with Crippen LogP contribution in [0.4, 0.5) is 13.2 Å². The van der Waals surface area contributed by atoms with Gasteiger partial charge in [0.2, 0.25) is 0 Å². The maximum atomic E-state index is 12.5. The van der Waals surface area contributed by atoms with Crippen molar-refractivity contribution >= 4 is 17.4 Å². The zero-order valence-electron chi connectivity index (χ0n) is 8.27. The average molecular weight is 258 g/mol. The van der Waals surface area contributed by atoms with Gasteiger partial charge in [-0.25, -0.2) is 0 Å². The molecule has 0 spiro atoms. The van der Waals surface area contributed by atoms with Gasteiger partial charge in [-0.3, -0.25) is 4.40 Å². The van der Waals surface area contributed by atoms with E-state index in [9.17, 15) is 13.2 Å². The Kier molecular flexibility index (Phi) is 2.93. The number of nitrogens with zero attached hydrogens (tertiary/aromatic N) is 4.